The predicted molar refractivity (Wildman–Crippen MR) is 94.6 cm³/mol. The van der Waals surface area contributed by atoms with Gasteiger partial charge in [-0.3, -0.25) is 4.79 Å². The number of aryl methyl sites for hydroxylation is 1. The number of benzene rings is 1. The van der Waals surface area contributed by atoms with Gasteiger partial charge in [0.1, 0.15) is 0 Å². The molecule has 24 heavy (non-hydrogen) atoms. The molecule has 0 spiro atoms. The van der Waals surface area contributed by atoms with Gasteiger partial charge in [-0.15, -0.1) is 11.3 Å². The highest BCUT2D eigenvalue weighted by atomic mass is 32.1. The SMILES string of the molecule is CCc1ccc(C(C)(C)C(=O)NCCc2nc(C(=O)O)cs2)cc1. The third kappa shape index (κ3) is 4.20. The Balaban J connectivity index is 1.93. The summed E-state index contributed by atoms with van der Waals surface area (Å²) in [7, 11) is 0. The molecule has 2 N–H and O–H groups in total. The van der Waals surface area contributed by atoms with E-state index in [-0.39, 0.29) is 11.6 Å². The van der Waals surface area contributed by atoms with Crippen molar-refractivity contribution < 1.29 is 14.7 Å². The molecule has 1 aromatic heterocycles. The van der Waals surface area contributed by atoms with Crippen LogP contribution in [-0.4, -0.2) is 28.5 Å². The average Bonchev–Trinajstić information content (AvgIpc) is 3.04. The second kappa shape index (κ2) is 7.57. The number of nitrogens with one attached hydrogen (secondary N) is 1. The number of hydrogen-bond acceptors (Lipinski definition) is 4. The minimum Gasteiger partial charge on any atom is -0.476 e. The van der Waals surface area contributed by atoms with Crippen molar-refractivity contribution >= 4 is 23.2 Å². The van der Waals surface area contributed by atoms with Gasteiger partial charge in [0.25, 0.3) is 0 Å². The highest BCUT2D eigenvalue weighted by molar-refractivity contribution is 7.09. The number of carbonyl (C=O) groups is 2. The Morgan fingerprint density at radius 2 is 1.92 bits per heavy atom. The standard InChI is InChI=1S/C18H22N2O3S/c1-4-12-5-7-13(8-6-12)18(2,3)17(23)19-10-9-15-20-14(11-24-15)16(21)22/h5-8,11H,4,9-10H2,1-3H3,(H,19,23)(H,21,22). The molecule has 2 rings (SSSR count). The van der Waals surface area contributed by atoms with E-state index in [1.165, 1.54) is 22.3 Å². The van der Waals surface area contributed by atoms with Crippen LogP contribution < -0.4 is 5.32 Å². The molecule has 0 fully saturated rings. The first-order valence-corrected chi connectivity index (χ1v) is 8.78. The summed E-state index contributed by atoms with van der Waals surface area (Å²) in [5.41, 5.74) is 1.65. The van der Waals surface area contributed by atoms with E-state index < -0.39 is 11.4 Å². The molecule has 0 aliphatic rings. The summed E-state index contributed by atoms with van der Waals surface area (Å²) >= 11 is 1.29. The molecule has 1 amide bonds. The molecule has 0 saturated heterocycles. The van der Waals surface area contributed by atoms with E-state index in [2.05, 4.69) is 17.2 Å². The van der Waals surface area contributed by atoms with Crippen LogP contribution in [0.15, 0.2) is 29.6 Å². The molecule has 0 aliphatic heterocycles. The van der Waals surface area contributed by atoms with Gasteiger partial charge in [-0.05, 0) is 31.4 Å². The summed E-state index contributed by atoms with van der Waals surface area (Å²) in [6.45, 7) is 6.33. The number of nitrogens with zero attached hydrogens (tertiary/aromatic N) is 1. The molecule has 0 radical (unpaired) electrons. The Morgan fingerprint density at radius 3 is 2.46 bits per heavy atom. The predicted octanol–water partition coefficient (Wildman–Crippen LogP) is 3.04. The van der Waals surface area contributed by atoms with Crippen molar-refractivity contribution in [3.63, 3.8) is 0 Å². The fourth-order valence-corrected chi connectivity index (χ4v) is 3.09. The molecule has 5 nitrogen and oxygen atoms in total. The smallest absolute Gasteiger partial charge is 0.355 e. The van der Waals surface area contributed by atoms with E-state index >= 15 is 0 Å². The quantitative estimate of drug-likeness (QED) is 0.807. The lowest BCUT2D eigenvalue weighted by Crippen LogP contribution is -2.40. The van der Waals surface area contributed by atoms with E-state index in [4.69, 9.17) is 5.11 Å². The van der Waals surface area contributed by atoms with Crippen molar-refractivity contribution in [2.45, 2.75) is 39.0 Å². The van der Waals surface area contributed by atoms with Crippen molar-refractivity contribution in [3.05, 3.63) is 51.5 Å². The van der Waals surface area contributed by atoms with E-state index in [0.29, 0.717) is 18.0 Å². The van der Waals surface area contributed by atoms with Crippen molar-refractivity contribution in [1.82, 2.24) is 10.3 Å². The number of thiazole rings is 1. The normalized spacial score (nSPS) is 11.3. The number of hydrogen-bond donors (Lipinski definition) is 2. The number of carboxylic acid groups (broad SMARTS) is 1. The van der Waals surface area contributed by atoms with Gasteiger partial charge in [0.2, 0.25) is 5.91 Å². The maximum atomic E-state index is 12.5. The maximum absolute atomic E-state index is 12.5. The summed E-state index contributed by atoms with van der Waals surface area (Å²) < 4.78 is 0. The topological polar surface area (TPSA) is 79.3 Å². The fraction of sp³-hybridized carbons (Fsp3) is 0.389. The van der Waals surface area contributed by atoms with Gasteiger partial charge >= 0.3 is 5.97 Å². The molecule has 0 atom stereocenters. The lowest BCUT2D eigenvalue weighted by Gasteiger charge is -2.24. The molecular formula is C18H22N2O3S. The molecule has 2 aromatic rings. The molecule has 6 heteroatoms. The monoisotopic (exact) mass is 346 g/mol. The van der Waals surface area contributed by atoms with Crippen LogP contribution in [0.3, 0.4) is 0 Å². The third-order valence-corrected chi connectivity index (χ3v) is 4.96. The summed E-state index contributed by atoms with van der Waals surface area (Å²) in [6.07, 6.45) is 1.49. The Labute approximate surface area is 145 Å². The number of rotatable bonds is 7. The first-order chi connectivity index (χ1) is 11.3. The van der Waals surface area contributed by atoms with Gasteiger partial charge in [-0.25, -0.2) is 9.78 Å². The van der Waals surface area contributed by atoms with E-state index in [0.717, 1.165) is 12.0 Å². The van der Waals surface area contributed by atoms with Crippen molar-refractivity contribution in [2.75, 3.05) is 6.54 Å². The van der Waals surface area contributed by atoms with Crippen LogP contribution in [0, 0.1) is 0 Å². The first-order valence-electron chi connectivity index (χ1n) is 7.90. The molecule has 128 valence electrons. The van der Waals surface area contributed by atoms with Crippen LogP contribution in [0.1, 0.15) is 47.4 Å². The summed E-state index contributed by atoms with van der Waals surface area (Å²) in [6, 6.07) is 8.09. The van der Waals surface area contributed by atoms with Crippen molar-refractivity contribution in [2.24, 2.45) is 0 Å². The van der Waals surface area contributed by atoms with Gasteiger partial charge in [-0.1, -0.05) is 31.2 Å². The molecule has 0 unspecified atom stereocenters. The highest BCUT2D eigenvalue weighted by Gasteiger charge is 2.29. The zero-order valence-corrected chi connectivity index (χ0v) is 14.9. The molecule has 1 heterocycles. The molecule has 1 aromatic carbocycles. The zero-order valence-electron chi connectivity index (χ0n) is 14.1. The van der Waals surface area contributed by atoms with E-state index in [9.17, 15) is 9.59 Å². The van der Waals surface area contributed by atoms with E-state index in [1.807, 2.05) is 38.1 Å². The van der Waals surface area contributed by atoms with Crippen LogP contribution in [-0.2, 0) is 23.1 Å². The summed E-state index contributed by atoms with van der Waals surface area (Å²) in [4.78, 5) is 27.3. The third-order valence-electron chi connectivity index (χ3n) is 4.05. The number of carbonyl (C=O) groups excluding carboxylic acids is 1. The van der Waals surface area contributed by atoms with Gasteiger partial charge in [0, 0.05) is 18.3 Å². The van der Waals surface area contributed by atoms with Gasteiger partial charge in [-0.2, -0.15) is 0 Å². The van der Waals surface area contributed by atoms with Gasteiger partial charge in [0.15, 0.2) is 5.69 Å². The number of aromatic nitrogens is 1. The van der Waals surface area contributed by atoms with Crippen LogP contribution in [0.2, 0.25) is 0 Å². The average molecular weight is 346 g/mol. The van der Waals surface area contributed by atoms with Crippen molar-refractivity contribution in [3.8, 4) is 0 Å². The fourth-order valence-electron chi connectivity index (χ4n) is 2.32. The summed E-state index contributed by atoms with van der Waals surface area (Å²) in [5.74, 6) is -1.08. The van der Waals surface area contributed by atoms with Crippen LogP contribution in [0.5, 0.6) is 0 Å². The van der Waals surface area contributed by atoms with Gasteiger partial charge in [0.05, 0.1) is 10.4 Å². The molecule has 0 aliphatic carbocycles. The van der Waals surface area contributed by atoms with Crippen LogP contribution in [0.25, 0.3) is 0 Å². The lowest BCUT2D eigenvalue weighted by atomic mass is 9.83. The Kier molecular flexibility index (Phi) is 5.72. The Bertz CT molecular complexity index is 720. The minimum atomic E-state index is -1.03. The van der Waals surface area contributed by atoms with Crippen LogP contribution >= 0.6 is 11.3 Å². The Morgan fingerprint density at radius 1 is 1.25 bits per heavy atom. The summed E-state index contributed by atoms with van der Waals surface area (Å²) in [5, 5.41) is 14.0. The number of carboxylic acids is 1. The first kappa shape index (κ1) is 18.1. The molecule has 0 bridgehead atoms. The minimum absolute atomic E-state index is 0.0534. The van der Waals surface area contributed by atoms with Crippen LogP contribution in [0.4, 0.5) is 0 Å². The Hall–Kier alpha value is -2.21. The van der Waals surface area contributed by atoms with Crippen molar-refractivity contribution in [1.29, 1.82) is 0 Å². The van der Waals surface area contributed by atoms with Gasteiger partial charge < -0.3 is 10.4 Å². The lowest BCUT2D eigenvalue weighted by molar-refractivity contribution is -0.125. The van der Waals surface area contributed by atoms with E-state index in [1.54, 1.807) is 0 Å². The largest absolute Gasteiger partial charge is 0.476 e. The highest BCUT2D eigenvalue weighted by Crippen LogP contribution is 2.24. The molecular weight excluding hydrogens is 324 g/mol. The second-order valence-corrected chi connectivity index (χ2v) is 7.06. The zero-order chi connectivity index (χ0) is 17.7. The molecule has 0 saturated carbocycles. The second-order valence-electron chi connectivity index (χ2n) is 6.11. The number of amides is 1. The maximum Gasteiger partial charge on any atom is 0.355 e. The number of aromatic carboxylic acids is 1.